The Morgan fingerprint density at radius 1 is 1.43 bits per heavy atom. The molecule has 0 atom stereocenters. The van der Waals surface area contributed by atoms with Gasteiger partial charge in [0.25, 0.3) is 5.91 Å². The smallest absolute Gasteiger partial charge is 0.358 e. The number of nitrogens with one attached hydrogen (secondary N) is 1. The second kappa shape index (κ2) is 6.49. The molecular formula is C13H13BrN4O3. The largest absolute Gasteiger partial charge is 0.476 e. The van der Waals surface area contributed by atoms with Crippen LogP contribution in [0, 0.1) is 6.92 Å². The van der Waals surface area contributed by atoms with Gasteiger partial charge in [0, 0.05) is 16.6 Å². The van der Waals surface area contributed by atoms with Crippen LogP contribution in [-0.2, 0) is 6.54 Å². The van der Waals surface area contributed by atoms with Gasteiger partial charge in [-0.05, 0) is 24.6 Å². The molecule has 2 aromatic rings. The second-order valence-electron chi connectivity index (χ2n) is 4.39. The minimum Gasteiger partial charge on any atom is -0.476 e. The lowest BCUT2D eigenvalue weighted by molar-refractivity contribution is 0.0690. The van der Waals surface area contributed by atoms with Crippen molar-refractivity contribution in [2.75, 3.05) is 6.54 Å². The van der Waals surface area contributed by atoms with Crippen LogP contribution in [-0.4, -0.2) is 38.5 Å². The Kier molecular flexibility index (Phi) is 4.69. The maximum absolute atomic E-state index is 11.9. The van der Waals surface area contributed by atoms with Gasteiger partial charge in [-0.3, -0.25) is 4.79 Å². The fraction of sp³-hybridized carbons (Fsp3) is 0.231. The summed E-state index contributed by atoms with van der Waals surface area (Å²) in [5.74, 6) is -1.33. The molecule has 0 fully saturated rings. The number of hydrogen-bond donors (Lipinski definition) is 2. The van der Waals surface area contributed by atoms with Gasteiger partial charge in [-0.15, -0.1) is 5.10 Å². The number of hydrogen-bond acceptors (Lipinski definition) is 4. The van der Waals surface area contributed by atoms with Gasteiger partial charge in [0.2, 0.25) is 0 Å². The Bertz CT molecular complexity index is 684. The van der Waals surface area contributed by atoms with Crippen molar-refractivity contribution in [1.29, 1.82) is 0 Å². The Morgan fingerprint density at radius 3 is 2.81 bits per heavy atom. The van der Waals surface area contributed by atoms with Crippen LogP contribution < -0.4 is 5.32 Å². The molecule has 2 N–H and O–H groups in total. The molecular weight excluding hydrogens is 340 g/mol. The molecule has 110 valence electrons. The Morgan fingerprint density at radius 2 is 2.19 bits per heavy atom. The lowest BCUT2D eigenvalue weighted by Gasteiger charge is -2.06. The maximum Gasteiger partial charge on any atom is 0.358 e. The zero-order valence-electron chi connectivity index (χ0n) is 11.2. The van der Waals surface area contributed by atoms with Crippen LogP contribution in [0.4, 0.5) is 0 Å². The van der Waals surface area contributed by atoms with Gasteiger partial charge in [0.15, 0.2) is 5.69 Å². The molecule has 0 aliphatic heterocycles. The van der Waals surface area contributed by atoms with E-state index in [1.165, 1.54) is 10.9 Å². The van der Waals surface area contributed by atoms with Crippen molar-refractivity contribution >= 4 is 27.8 Å². The first-order valence-corrected chi connectivity index (χ1v) is 6.94. The molecule has 0 spiro atoms. The summed E-state index contributed by atoms with van der Waals surface area (Å²) in [6, 6.07) is 5.35. The maximum atomic E-state index is 11.9. The normalized spacial score (nSPS) is 10.4. The van der Waals surface area contributed by atoms with Gasteiger partial charge < -0.3 is 10.4 Å². The third-order valence-electron chi connectivity index (χ3n) is 2.82. The van der Waals surface area contributed by atoms with Gasteiger partial charge in [0.05, 0.1) is 12.7 Å². The van der Waals surface area contributed by atoms with E-state index < -0.39 is 5.97 Å². The molecule has 1 aromatic carbocycles. The average molecular weight is 353 g/mol. The van der Waals surface area contributed by atoms with Crippen molar-refractivity contribution < 1.29 is 14.7 Å². The molecule has 0 aliphatic rings. The predicted octanol–water partition coefficient (Wildman–Crippen LogP) is 1.48. The van der Waals surface area contributed by atoms with Crippen molar-refractivity contribution in [1.82, 2.24) is 20.3 Å². The fourth-order valence-corrected chi connectivity index (χ4v) is 2.00. The summed E-state index contributed by atoms with van der Waals surface area (Å²) in [6.45, 7) is 2.61. The van der Waals surface area contributed by atoms with E-state index in [0.29, 0.717) is 18.7 Å². The molecule has 1 amide bonds. The number of benzene rings is 1. The minimum absolute atomic E-state index is 0.121. The predicted molar refractivity (Wildman–Crippen MR) is 78.2 cm³/mol. The summed E-state index contributed by atoms with van der Waals surface area (Å²) in [6.07, 6.45) is 1.32. The van der Waals surface area contributed by atoms with Crippen molar-refractivity contribution in [3.63, 3.8) is 0 Å². The lowest BCUT2D eigenvalue weighted by atomic mass is 10.1. The van der Waals surface area contributed by atoms with Crippen molar-refractivity contribution in [3.05, 3.63) is 45.7 Å². The van der Waals surface area contributed by atoms with Crippen LogP contribution in [0.2, 0.25) is 0 Å². The van der Waals surface area contributed by atoms with E-state index in [1.54, 1.807) is 12.1 Å². The summed E-state index contributed by atoms with van der Waals surface area (Å²) in [5.41, 5.74) is 1.48. The quantitative estimate of drug-likeness (QED) is 0.849. The first-order valence-electron chi connectivity index (χ1n) is 6.15. The molecule has 0 radical (unpaired) electrons. The van der Waals surface area contributed by atoms with E-state index in [1.807, 2.05) is 13.0 Å². The number of carbonyl (C=O) groups excluding carboxylic acids is 1. The van der Waals surface area contributed by atoms with Crippen molar-refractivity contribution in [2.45, 2.75) is 13.5 Å². The lowest BCUT2D eigenvalue weighted by Crippen LogP contribution is -2.27. The average Bonchev–Trinajstić information content (AvgIpc) is 2.91. The van der Waals surface area contributed by atoms with Crippen LogP contribution in [0.15, 0.2) is 28.9 Å². The first-order chi connectivity index (χ1) is 9.97. The number of nitrogens with zero attached hydrogens (tertiary/aromatic N) is 3. The Balaban J connectivity index is 1.88. The minimum atomic E-state index is -1.13. The molecule has 21 heavy (non-hydrogen) atoms. The number of halogens is 1. The molecule has 0 bridgehead atoms. The molecule has 0 aliphatic carbocycles. The topological polar surface area (TPSA) is 97.1 Å². The van der Waals surface area contributed by atoms with E-state index in [4.69, 9.17) is 5.11 Å². The number of rotatable bonds is 5. The van der Waals surface area contributed by atoms with Crippen LogP contribution in [0.5, 0.6) is 0 Å². The first kappa shape index (κ1) is 15.2. The number of carboxylic acid groups (broad SMARTS) is 1. The Hall–Kier alpha value is -2.22. The number of amides is 1. The van der Waals surface area contributed by atoms with Gasteiger partial charge in [-0.1, -0.05) is 27.2 Å². The number of carboxylic acids is 1. The summed E-state index contributed by atoms with van der Waals surface area (Å²) in [4.78, 5) is 22.6. The fourth-order valence-electron chi connectivity index (χ4n) is 1.63. The highest BCUT2D eigenvalue weighted by atomic mass is 79.9. The van der Waals surface area contributed by atoms with Gasteiger partial charge in [-0.2, -0.15) is 0 Å². The van der Waals surface area contributed by atoms with Crippen LogP contribution in [0.25, 0.3) is 0 Å². The van der Waals surface area contributed by atoms with E-state index in [9.17, 15) is 9.59 Å². The van der Waals surface area contributed by atoms with Crippen LogP contribution in [0.1, 0.15) is 26.4 Å². The third kappa shape index (κ3) is 3.88. The molecule has 1 aromatic heterocycles. The third-order valence-corrected chi connectivity index (χ3v) is 3.67. The number of aromatic carboxylic acids is 1. The SMILES string of the molecule is Cc1ccc(C(=O)NCCn2cc(C(=O)O)nn2)cc1Br. The van der Waals surface area contributed by atoms with Gasteiger partial charge in [0.1, 0.15) is 0 Å². The molecule has 2 rings (SSSR count). The summed E-state index contributed by atoms with van der Waals surface area (Å²) < 4.78 is 2.24. The number of aromatic nitrogens is 3. The molecule has 0 saturated heterocycles. The Labute approximate surface area is 129 Å². The standard InChI is InChI=1S/C13H13BrN4O3/c1-8-2-3-9(6-10(8)14)12(19)15-4-5-18-7-11(13(20)21)16-17-18/h2-3,6-7H,4-5H2,1H3,(H,15,19)(H,20,21). The number of carbonyl (C=O) groups is 2. The highest BCUT2D eigenvalue weighted by Crippen LogP contribution is 2.17. The van der Waals surface area contributed by atoms with E-state index >= 15 is 0 Å². The molecule has 8 heteroatoms. The van der Waals surface area contributed by atoms with Crippen molar-refractivity contribution in [2.24, 2.45) is 0 Å². The molecule has 7 nitrogen and oxygen atoms in total. The van der Waals surface area contributed by atoms with E-state index in [2.05, 4.69) is 31.6 Å². The molecule has 0 unspecified atom stereocenters. The molecule has 0 saturated carbocycles. The van der Waals surface area contributed by atoms with Gasteiger partial charge >= 0.3 is 5.97 Å². The molecule has 1 heterocycles. The summed E-state index contributed by atoms with van der Waals surface area (Å²) in [5, 5.41) is 18.6. The zero-order chi connectivity index (χ0) is 15.4. The zero-order valence-corrected chi connectivity index (χ0v) is 12.8. The van der Waals surface area contributed by atoms with E-state index in [0.717, 1.165) is 10.0 Å². The van der Waals surface area contributed by atoms with Crippen LogP contribution in [0.3, 0.4) is 0 Å². The second-order valence-corrected chi connectivity index (χ2v) is 5.25. The summed E-state index contributed by atoms with van der Waals surface area (Å²) in [7, 11) is 0. The van der Waals surface area contributed by atoms with E-state index in [-0.39, 0.29) is 11.6 Å². The van der Waals surface area contributed by atoms with Crippen molar-refractivity contribution in [3.8, 4) is 0 Å². The highest BCUT2D eigenvalue weighted by molar-refractivity contribution is 9.10. The van der Waals surface area contributed by atoms with Crippen LogP contribution >= 0.6 is 15.9 Å². The van der Waals surface area contributed by atoms with Gasteiger partial charge in [-0.25, -0.2) is 9.48 Å². The number of aryl methyl sites for hydroxylation is 1. The monoisotopic (exact) mass is 352 g/mol. The summed E-state index contributed by atoms with van der Waals surface area (Å²) >= 11 is 3.38. The highest BCUT2D eigenvalue weighted by Gasteiger charge is 2.09.